The molecule has 1 amide bonds. The van der Waals surface area contributed by atoms with Gasteiger partial charge >= 0.3 is 0 Å². The summed E-state index contributed by atoms with van der Waals surface area (Å²) >= 11 is 3.59. The van der Waals surface area contributed by atoms with E-state index in [2.05, 4.69) is 34.1 Å². The van der Waals surface area contributed by atoms with Crippen LogP contribution in [0.5, 0.6) is 0 Å². The Hall–Kier alpha value is -0.580. The summed E-state index contributed by atoms with van der Waals surface area (Å²) in [4.78, 5) is 14.2. The van der Waals surface area contributed by atoms with Crippen LogP contribution < -0.4 is 5.73 Å². The maximum atomic E-state index is 12.2. The van der Waals surface area contributed by atoms with Gasteiger partial charge in [0, 0.05) is 24.0 Å². The van der Waals surface area contributed by atoms with Crippen LogP contribution in [0.2, 0.25) is 0 Å². The molecule has 5 heteroatoms. The summed E-state index contributed by atoms with van der Waals surface area (Å²) in [5.41, 5.74) is 8.11. The van der Waals surface area contributed by atoms with Crippen molar-refractivity contribution in [2.45, 2.75) is 45.1 Å². The molecule has 1 aromatic carbocycles. The third-order valence-corrected chi connectivity index (χ3v) is 4.66. The highest BCUT2D eigenvalue weighted by molar-refractivity contribution is 9.10. The molecule has 1 aromatic rings. The molecule has 3 nitrogen and oxygen atoms in total. The number of carbonyl (C=O) groups excluding carboxylic acids is 1. The zero-order valence-electron chi connectivity index (χ0n) is 12.3. The van der Waals surface area contributed by atoms with Gasteiger partial charge in [-0.3, -0.25) is 4.79 Å². The molecule has 1 aliphatic rings. The van der Waals surface area contributed by atoms with Crippen molar-refractivity contribution in [2.24, 2.45) is 5.73 Å². The zero-order valence-corrected chi connectivity index (χ0v) is 14.7. The van der Waals surface area contributed by atoms with Crippen molar-refractivity contribution < 1.29 is 4.79 Å². The van der Waals surface area contributed by atoms with Crippen LogP contribution in [0.15, 0.2) is 22.7 Å². The molecule has 0 atom stereocenters. The Morgan fingerprint density at radius 2 is 2.00 bits per heavy atom. The van der Waals surface area contributed by atoms with Crippen molar-refractivity contribution in [3.8, 4) is 0 Å². The molecule has 1 heterocycles. The van der Waals surface area contributed by atoms with Crippen molar-refractivity contribution in [1.29, 1.82) is 0 Å². The van der Waals surface area contributed by atoms with Crippen LogP contribution in [0.1, 0.15) is 43.2 Å². The van der Waals surface area contributed by atoms with Gasteiger partial charge in [-0.05, 0) is 43.0 Å². The molecule has 0 spiro atoms. The number of hydrogen-bond acceptors (Lipinski definition) is 2. The number of amides is 1. The number of hydrogen-bond donors (Lipinski definition) is 1. The Kier molecular flexibility index (Phi) is 8.30. The first-order valence-corrected chi connectivity index (χ1v) is 8.26. The molecule has 1 aliphatic heterocycles. The van der Waals surface area contributed by atoms with Crippen LogP contribution in [0.25, 0.3) is 0 Å². The van der Waals surface area contributed by atoms with Gasteiger partial charge in [0.25, 0.3) is 0 Å². The highest BCUT2D eigenvalue weighted by atomic mass is 79.9. The van der Waals surface area contributed by atoms with Gasteiger partial charge in [0.15, 0.2) is 0 Å². The predicted molar refractivity (Wildman–Crippen MR) is 92.7 cm³/mol. The van der Waals surface area contributed by atoms with E-state index in [4.69, 9.17) is 5.73 Å². The van der Waals surface area contributed by atoms with Gasteiger partial charge in [-0.2, -0.15) is 0 Å². The Balaban J connectivity index is 0.00000220. The number of halogens is 2. The van der Waals surface area contributed by atoms with Gasteiger partial charge in [-0.15, -0.1) is 12.4 Å². The van der Waals surface area contributed by atoms with Gasteiger partial charge in [-0.1, -0.05) is 40.9 Å². The van der Waals surface area contributed by atoms with Crippen LogP contribution in [-0.4, -0.2) is 23.9 Å². The standard InChI is InChI=1S/C16H23BrN2O.ClH/c17-15-7-5-6-13-9-11-19(12-14(13)15)16(20)8-3-1-2-4-10-18;/h5-7H,1-4,8-12,18H2;1H. The number of benzene rings is 1. The smallest absolute Gasteiger partial charge is 0.222 e. The SMILES string of the molecule is Cl.NCCCCCCC(=O)N1CCc2cccc(Br)c2C1. The summed E-state index contributed by atoms with van der Waals surface area (Å²) in [7, 11) is 0. The zero-order chi connectivity index (χ0) is 14.4. The Morgan fingerprint density at radius 1 is 1.24 bits per heavy atom. The molecule has 2 rings (SSSR count). The third kappa shape index (κ3) is 5.28. The lowest BCUT2D eigenvalue weighted by molar-refractivity contribution is -0.132. The second-order valence-corrected chi connectivity index (χ2v) is 6.25. The van der Waals surface area contributed by atoms with Crippen LogP contribution >= 0.6 is 28.3 Å². The highest BCUT2D eigenvalue weighted by Gasteiger charge is 2.21. The van der Waals surface area contributed by atoms with E-state index in [0.29, 0.717) is 12.3 Å². The van der Waals surface area contributed by atoms with Gasteiger partial charge in [0.1, 0.15) is 0 Å². The first kappa shape index (κ1) is 18.5. The number of unbranched alkanes of at least 4 members (excludes halogenated alkanes) is 3. The van der Waals surface area contributed by atoms with E-state index in [1.165, 1.54) is 11.1 Å². The lowest BCUT2D eigenvalue weighted by Crippen LogP contribution is -2.36. The number of rotatable bonds is 6. The molecule has 0 radical (unpaired) electrons. The minimum absolute atomic E-state index is 0. The van der Waals surface area contributed by atoms with Crippen molar-refractivity contribution in [1.82, 2.24) is 4.90 Å². The molecule has 2 N–H and O–H groups in total. The summed E-state index contributed by atoms with van der Waals surface area (Å²) < 4.78 is 1.12. The quantitative estimate of drug-likeness (QED) is 0.771. The fourth-order valence-electron chi connectivity index (χ4n) is 2.69. The summed E-state index contributed by atoms with van der Waals surface area (Å²) in [6.45, 7) is 2.36. The number of carbonyl (C=O) groups is 1. The summed E-state index contributed by atoms with van der Waals surface area (Å²) in [6, 6.07) is 6.28. The lowest BCUT2D eigenvalue weighted by Gasteiger charge is -2.29. The largest absolute Gasteiger partial charge is 0.338 e. The molecule has 0 saturated heterocycles. The average Bonchev–Trinajstić information content (AvgIpc) is 2.47. The molecule has 0 aromatic heterocycles. The second-order valence-electron chi connectivity index (χ2n) is 5.40. The van der Waals surface area contributed by atoms with Crippen LogP contribution in [0.4, 0.5) is 0 Å². The summed E-state index contributed by atoms with van der Waals surface area (Å²) in [5, 5.41) is 0. The number of fused-ring (bicyclic) bond motifs is 1. The molecule has 0 saturated carbocycles. The van der Waals surface area contributed by atoms with Gasteiger partial charge in [0.05, 0.1) is 0 Å². The number of nitrogens with two attached hydrogens (primary N) is 1. The highest BCUT2D eigenvalue weighted by Crippen LogP contribution is 2.26. The van der Waals surface area contributed by atoms with Crippen LogP contribution in [0.3, 0.4) is 0 Å². The molecule has 0 aliphatic carbocycles. The predicted octanol–water partition coefficient (Wildman–Crippen LogP) is 3.66. The minimum Gasteiger partial charge on any atom is -0.338 e. The van der Waals surface area contributed by atoms with E-state index in [1.807, 2.05) is 4.90 Å². The van der Waals surface area contributed by atoms with Gasteiger partial charge in [-0.25, -0.2) is 0 Å². The van der Waals surface area contributed by atoms with E-state index in [1.54, 1.807) is 0 Å². The van der Waals surface area contributed by atoms with Gasteiger partial charge < -0.3 is 10.6 Å². The average molecular weight is 376 g/mol. The van der Waals surface area contributed by atoms with E-state index in [9.17, 15) is 4.79 Å². The lowest BCUT2D eigenvalue weighted by atomic mass is 9.99. The first-order chi connectivity index (χ1) is 9.72. The molecule has 0 fully saturated rings. The van der Waals surface area contributed by atoms with Gasteiger partial charge in [0.2, 0.25) is 5.91 Å². The molecular weight excluding hydrogens is 352 g/mol. The van der Waals surface area contributed by atoms with Crippen molar-refractivity contribution in [3.05, 3.63) is 33.8 Å². The normalized spacial score (nSPS) is 13.5. The van der Waals surface area contributed by atoms with E-state index in [0.717, 1.165) is 56.2 Å². The summed E-state index contributed by atoms with van der Waals surface area (Å²) in [5.74, 6) is 0.291. The van der Waals surface area contributed by atoms with Crippen LogP contribution in [0, 0.1) is 0 Å². The Labute approximate surface area is 141 Å². The van der Waals surface area contributed by atoms with E-state index >= 15 is 0 Å². The minimum atomic E-state index is 0. The topological polar surface area (TPSA) is 46.3 Å². The fraction of sp³-hybridized carbons (Fsp3) is 0.562. The second kappa shape index (κ2) is 9.44. The Morgan fingerprint density at radius 3 is 2.76 bits per heavy atom. The van der Waals surface area contributed by atoms with E-state index < -0.39 is 0 Å². The maximum absolute atomic E-state index is 12.2. The van der Waals surface area contributed by atoms with Crippen molar-refractivity contribution in [3.63, 3.8) is 0 Å². The monoisotopic (exact) mass is 374 g/mol. The Bertz CT molecular complexity index is 468. The van der Waals surface area contributed by atoms with Crippen molar-refractivity contribution in [2.75, 3.05) is 13.1 Å². The molecular formula is C16H24BrClN2O. The number of nitrogens with zero attached hydrogens (tertiary/aromatic N) is 1. The van der Waals surface area contributed by atoms with Crippen LogP contribution in [-0.2, 0) is 17.8 Å². The molecule has 0 bridgehead atoms. The first-order valence-electron chi connectivity index (χ1n) is 7.46. The van der Waals surface area contributed by atoms with Crippen molar-refractivity contribution >= 4 is 34.2 Å². The molecule has 118 valence electrons. The molecule has 21 heavy (non-hydrogen) atoms. The molecule has 0 unspecified atom stereocenters. The van der Waals surface area contributed by atoms with E-state index in [-0.39, 0.29) is 12.4 Å². The fourth-order valence-corrected chi connectivity index (χ4v) is 3.22. The summed E-state index contributed by atoms with van der Waals surface area (Å²) in [6.07, 6.45) is 5.93. The third-order valence-electron chi connectivity index (χ3n) is 3.91. The maximum Gasteiger partial charge on any atom is 0.222 e.